The molecule has 0 saturated heterocycles. The van der Waals surface area contributed by atoms with Gasteiger partial charge >= 0.3 is 0 Å². The fraction of sp³-hybridized carbons (Fsp3) is 0.333. The number of benzene rings is 1. The Hall–Kier alpha value is -2.94. The molecular weight excluding hydrogens is 389 g/mol. The predicted molar refractivity (Wildman–Crippen MR) is 102 cm³/mol. The summed E-state index contributed by atoms with van der Waals surface area (Å²) < 4.78 is 15.6. The van der Waals surface area contributed by atoms with Gasteiger partial charge < -0.3 is 15.1 Å². The zero-order valence-corrected chi connectivity index (χ0v) is 16.3. The maximum absolute atomic E-state index is 14.1. The first-order valence-corrected chi connectivity index (χ1v) is 8.96. The highest BCUT2D eigenvalue weighted by Crippen LogP contribution is 2.26. The van der Waals surface area contributed by atoms with Crippen LogP contribution in [0.4, 0.5) is 10.1 Å². The Morgan fingerprint density at radius 1 is 1.43 bits per heavy atom. The summed E-state index contributed by atoms with van der Waals surface area (Å²) >= 11 is 6.04. The van der Waals surface area contributed by atoms with Crippen LogP contribution in [-0.2, 0) is 16.2 Å². The third-order valence-corrected chi connectivity index (χ3v) is 4.53. The highest BCUT2D eigenvalue weighted by Gasteiger charge is 2.32. The molecule has 0 radical (unpaired) electrons. The highest BCUT2D eigenvalue weighted by atomic mass is 35.5. The second kappa shape index (κ2) is 7.97. The number of oxime groups is 1. The molecule has 2 amide bonds. The minimum absolute atomic E-state index is 0.0470. The smallest absolute Gasteiger partial charge is 0.273 e. The van der Waals surface area contributed by atoms with E-state index in [9.17, 15) is 14.0 Å². The van der Waals surface area contributed by atoms with Crippen molar-refractivity contribution in [2.75, 3.05) is 19.4 Å². The molecule has 1 aliphatic heterocycles. The third kappa shape index (κ3) is 3.70. The molecule has 3 rings (SSSR count). The van der Waals surface area contributed by atoms with E-state index in [1.165, 1.54) is 34.0 Å². The van der Waals surface area contributed by atoms with Gasteiger partial charge in [-0.1, -0.05) is 22.8 Å². The maximum atomic E-state index is 14.1. The van der Waals surface area contributed by atoms with E-state index in [-0.39, 0.29) is 40.0 Å². The van der Waals surface area contributed by atoms with Gasteiger partial charge in [-0.15, -0.1) is 0 Å². The number of anilines is 1. The van der Waals surface area contributed by atoms with Crippen molar-refractivity contribution in [3.63, 3.8) is 0 Å². The first kappa shape index (κ1) is 19.8. The average molecular weight is 408 g/mol. The Morgan fingerprint density at radius 3 is 2.82 bits per heavy atom. The quantitative estimate of drug-likeness (QED) is 0.824. The molecule has 0 bridgehead atoms. The lowest BCUT2D eigenvalue weighted by molar-refractivity contribution is -0.125. The van der Waals surface area contributed by atoms with Crippen LogP contribution in [0.1, 0.15) is 29.4 Å². The SMILES string of the molecule is CCn1ncc(NC(=O)C2CC(c3c(F)cccc3Cl)=NO2)c1C(=O)N(C)C. The number of carbonyl (C=O) groups is 2. The summed E-state index contributed by atoms with van der Waals surface area (Å²) in [5.74, 6) is -1.36. The third-order valence-electron chi connectivity index (χ3n) is 4.22. The summed E-state index contributed by atoms with van der Waals surface area (Å²) in [7, 11) is 3.22. The largest absolute Gasteiger partial charge is 0.382 e. The van der Waals surface area contributed by atoms with Crippen molar-refractivity contribution in [2.24, 2.45) is 5.16 Å². The first-order chi connectivity index (χ1) is 13.3. The van der Waals surface area contributed by atoms with Crippen molar-refractivity contribution in [3.8, 4) is 0 Å². The van der Waals surface area contributed by atoms with Crippen molar-refractivity contribution in [3.05, 3.63) is 46.5 Å². The molecule has 28 heavy (non-hydrogen) atoms. The van der Waals surface area contributed by atoms with E-state index in [2.05, 4.69) is 15.6 Å². The molecule has 1 N–H and O–H groups in total. The zero-order chi connectivity index (χ0) is 20.4. The molecule has 2 aromatic rings. The molecule has 1 aromatic carbocycles. The van der Waals surface area contributed by atoms with E-state index in [1.54, 1.807) is 14.1 Å². The number of nitrogens with one attached hydrogen (secondary N) is 1. The van der Waals surface area contributed by atoms with E-state index < -0.39 is 17.8 Å². The zero-order valence-electron chi connectivity index (χ0n) is 15.6. The number of aryl methyl sites for hydroxylation is 1. The molecule has 1 atom stereocenters. The minimum Gasteiger partial charge on any atom is -0.382 e. The highest BCUT2D eigenvalue weighted by molar-refractivity contribution is 6.34. The van der Waals surface area contributed by atoms with Crippen molar-refractivity contribution in [2.45, 2.75) is 26.0 Å². The number of carbonyl (C=O) groups excluding carboxylic acids is 2. The molecule has 148 valence electrons. The van der Waals surface area contributed by atoms with Gasteiger partial charge in [-0.05, 0) is 19.1 Å². The van der Waals surface area contributed by atoms with Crippen molar-refractivity contribution in [1.29, 1.82) is 0 Å². The second-order valence-electron chi connectivity index (χ2n) is 6.34. The van der Waals surface area contributed by atoms with E-state index >= 15 is 0 Å². The Labute approximate surface area is 165 Å². The molecule has 1 unspecified atom stereocenters. The summed E-state index contributed by atoms with van der Waals surface area (Å²) in [6.45, 7) is 2.30. The molecule has 0 fully saturated rings. The second-order valence-corrected chi connectivity index (χ2v) is 6.75. The minimum atomic E-state index is -0.974. The first-order valence-electron chi connectivity index (χ1n) is 8.58. The lowest BCUT2D eigenvalue weighted by atomic mass is 10.0. The molecule has 10 heteroatoms. The number of amides is 2. The van der Waals surface area contributed by atoms with Crippen LogP contribution in [-0.4, -0.2) is 52.4 Å². The van der Waals surface area contributed by atoms with Gasteiger partial charge in [0.25, 0.3) is 11.8 Å². The summed E-state index contributed by atoms with van der Waals surface area (Å²) in [5.41, 5.74) is 0.891. The van der Waals surface area contributed by atoms with E-state index in [0.717, 1.165) is 0 Å². The van der Waals surface area contributed by atoms with Crippen LogP contribution < -0.4 is 5.32 Å². The van der Waals surface area contributed by atoms with Gasteiger partial charge in [0, 0.05) is 27.1 Å². The Kier molecular flexibility index (Phi) is 5.64. The molecule has 1 aliphatic rings. The summed E-state index contributed by atoms with van der Waals surface area (Å²) in [6, 6.07) is 4.28. The standard InChI is InChI=1S/C18H19ClFN5O3/c1-4-25-16(18(27)24(2)3)13(9-21-25)22-17(26)14-8-12(23-28-14)15-10(19)6-5-7-11(15)20/h5-7,9,14H,4,8H2,1-3H3,(H,22,26). The number of aromatic nitrogens is 2. The number of halogens is 2. The number of hydrogen-bond donors (Lipinski definition) is 1. The van der Waals surface area contributed by atoms with Gasteiger partial charge in [0.1, 0.15) is 11.5 Å². The van der Waals surface area contributed by atoms with Gasteiger partial charge in [-0.3, -0.25) is 14.3 Å². The topological polar surface area (TPSA) is 88.8 Å². The van der Waals surface area contributed by atoms with Crippen LogP contribution in [0.2, 0.25) is 5.02 Å². The Morgan fingerprint density at radius 2 is 2.18 bits per heavy atom. The average Bonchev–Trinajstić information content (AvgIpc) is 3.28. The van der Waals surface area contributed by atoms with Crippen LogP contribution in [0, 0.1) is 5.82 Å². The van der Waals surface area contributed by atoms with E-state index in [4.69, 9.17) is 16.4 Å². The van der Waals surface area contributed by atoms with Gasteiger partial charge in [-0.25, -0.2) is 4.39 Å². The van der Waals surface area contributed by atoms with Crippen molar-refractivity contribution >= 4 is 34.8 Å². The molecule has 8 nitrogen and oxygen atoms in total. The fourth-order valence-corrected chi connectivity index (χ4v) is 3.08. The van der Waals surface area contributed by atoms with Crippen LogP contribution in [0.5, 0.6) is 0 Å². The molecular formula is C18H19ClFN5O3. The molecule has 0 saturated carbocycles. The van der Waals surface area contributed by atoms with Gasteiger partial charge in [0.05, 0.1) is 28.2 Å². The number of hydrogen-bond acceptors (Lipinski definition) is 5. The van der Waals surface area contributed by atoms with Gasteiger partial charge in [0.15, 0.2) is 0 Å². The van der Waals surface area contributed by atoms with Gasteiger partial charge in [0.2, 0.25) is 6.10 Å². The summed E-state index contributed by atoms with van der Waals surface area (Å²) in [5, 5.41) is 10.8. The lowest BCUT2D eigenvalue weighted by Crippen LogP contribution is -2.30. The van der Waals surface area contributed by atoms with Gasteiger partial charge in [-0.2, -0.15) is 5.10 Å². The molecule has 0 aliphatic carbocycles. The van der Waals surface area contributed by atoms with Crippen LogP contribution in [0.15, 0.2) is 29.6 Å². The maximum Gasteiger partial charge on any atom is 0.273 e. The van der Waals surface area contributed by atoms with E-state index in [1.807, 2.05) is 6.92 Å². The molecule has 0 spiro atoms. The summed E-state index contributed by atoms with van der Waals surface area (Å²) in [6.07, 6.45) is 0.478. The predicted octanol–water partition coefficient (Wildman–Crippen LogP) is 2.53. The van der Waals surface area contributed by atoms with Crippen molar-refractivity contribution < 1.29 is 18.8 Å². The monoisotopic (exact) mass is 407 g/mol. The van der Waals surface area contributed by atoms with Crippen LogP contribution in [0.25, 0.3) is 0 Å². The normalized spacial score (nSPS) is 15.8. The number of rotatable bonds is 5. The Bertz CT molecular complexity index is 936. The molecule has 1 aromatic heterocycles. The molecule has 2 heterocycles. The summed E-state index contributed by atoms with van der Waals surface area (Å²) in [4.78, 5) is 31.6. The number of nitrogens with zero attached hydrogens (tertiary/aromatic N) is 4. The van der Waals surface area contributed by atoms with Crippen molar-refractivity contribution in [1.82, 2.24) is 14.7 Å². The Balaban J connectivity index is 1.76. The van der Waals surface area contributed by atoms with Crippen LogP contribution >= 0.6 is 11.6 Å². The van der Waals surface area contributed by atoms with E-state index in [0.29, 0.717) is 6.54 Å². The lowest BCUT2D eigenvalue weighted by Gasteiger charge is -2.14. The fourth-order valence-electron chi connectivity index (χ4n) is 2.81. The van der Waals surface area contributed by atoms with Crippen LogP contribution in [0.3, 0.4) is 0 Å².